The minimum Gasteiger partial charge on any atom is -0.352 e. The molecular formula is C15H25N5OS. The van der Waals surface area contributed by atoms with Crippen LogP contribution in [0, 0.1) is 5.92 Å². The normalized spacial score (nSPS) is 26.6. The Balaban J connectivity index is 1.56. The molecule has 0 radical (unpaired) electrons. The van der Waals surface area contributed by atoms with Crippen molar-refractivity contribution in [3.8, 4) is 0 Å². The zero-order valence-electron chi connectivity index (χ0n) is 13.3. The lowest BCUT2D eigenvalue weighted by molar-refractivity contribution is -0.121. The topological polar surface area (TPSA) is 85.8 Å². The van der Waals surface area contributed by atoms with E-state index in [9.17, 15) is 4.79 Å². The molecule has 1 aromatic heterocycles. The maximum atomic E-state index is 12.4. The SMILES string of the molecule is C[C@H](Sc1nnc(C2CC2)n1N)C(=O)N[C@H]1CCCC[C@@H]1C. The number of nitrogens with zero attached hydrogens (tertiary/aromatic N) is 3. The second-order valence-corrected chi connectivity index (χ2v) is 7.93. The molecule has 122 valence electrons. The molecule has 0 spiro atoms. The number of thioether (sulfide) groups is 1. The summed E-state index contributed by atoms with van der Waals surface area (Å²) in [7, 11) is 0. The van der Waals surface area contributed by atoms with Crippen LogP contribution in [0.4, 0.5) is 0 Å². The van der Waals surface area contributed by atoms with Gasteiger partial charge in [0.1, 0.15) is 0 Å². The number of hydrogen-bond donors (Lipinski definition) is 2. The molecule has 0 bridgehead atoms. The van der Waals surface area contributed by atoms with E-state index in [1.807, 2.05) is 6.92 Å². The molecule has 1 heterocycles. The summed E-state index contributed by atoms with van der Waals surface area (Å²) < 4.78 is 1.55. The summed E-state index contributed by atoms with van der Waals surface area (Å²) in [5.41, 5.74) is 0. The predicted molar refractivity (Wildman–Crippen MR) is 87.0 cm³/mol. The number of aromatic nitrogens is 3. The number of nitrogens with two attached hydrogens (primary N) is 1. The van der Waals surface area contributed by atoms with E-state index in [1.54, 1.807) is 4.68 Å². The summed E-state index contributed by atoms with van der Waals surface area (Å²) in [4.78, 5) is 12.4. The molecule has 1 amide bonds. The number of rotatable bonds is 5. The summed E-state index contributed by atoms with van der Waals surface area (Å²) in [5, 5.41) is 11.9. The lowest BCUT2D eigenvalue weighted by atomic mass is 9.86. The first-order valence-electron chi connectivity index (χ1n) is 8.23. The third kappa shape index (κ3) is 3.39. The fourth-order valence-electron chi connectivity index (χ4n) is 3.03. The van der Waals surface area contributed by atoms with Crippen LogP contribution in [0.1, 0.15) is 64.1 Å². The van der Waals surface area contributed by atoms with Gasteiger partial charge in [0.25, 0.3) is 0 Å². The van der Waals surface area contributed by atoms with Crippen LogP contribution in [0.3, 0.4) is 0 Å². The van der Waals surface area contributed by atoms with E-state index in [4.69, 9.17) is 5.84 Å². The molecular weight excluding hydrogens is 298 g/mol. The Morgan fingerprint density at radius 3 is 2.73 bits per heavy atom. The van der Waals surface area contributed by atoms with Gasteiger partial charge in [0.15, 0.2) is 5.82 Å². The quantitative estimate of drug-likeness (QED) is 0.640. The number of carbonyl (C=O) groups is 1. The second-order valence-electron chi connectivity index (χ2n) is 6.62. The molecule has 0 unspecified atom stereocenters. The van der Waals surface area contributed by atoms with Gasteiger partial charge in [0.05, 0.1) is 5.25 Å². The predicted octanol–water partition coefficient (Wildman–Crippen LogP) is 2.04. The van der Waals surface area contributed by atoms with E-state index in [0.717, 1.165) is 25.1 Å². The van der Waals surface area contributed by atoms with Gasteiger partial charge in [0.2, 0.25) is 11.1 Å². The van der Waals surface area contributed by atoms with Crippen molar-refractivity contribution in [1.82, 2.24) is 20.2 Å². The molecule has 3 atom stereocenters. The van der Waals surface area contributed by atoms with Crippen molar-refractivity contribution in [2.24, 2.45) is 5.92 Å². The van der Waals surface area contributed by atoms with E-state index >= 15 is 0 Å². The van der Waals surface area contributed by atoms with Crippen LogP contribution in [-0.4, -0.2) is 32.1 Å². The second kappa shape index (κ2) is 6.48. The number of carbonyl (C=O) groups excluding carboxylic acids is 1. The molecule has 1 aromatic rings. The first kappa shape index (κ1) is 15.6. The Morgan fingerprint density at radius 2 is 2.05 bits per heavy atom. The lowest BCUT2D eigenvalue weighted by Crippen LogP contribution is -2.44. The first-order valence-corrected chi connectivity index (χ1v) is 9.11. The monoisotopic (exact) mass is 323 g/mol. The Labute approximate surface area is 135 Å². The van der Waals surface area contributed by atoms with Crippen molar-refractivity contribution < 1.29 is 4.79 Å². The van der Waals surface area contributed by atoms with Crippen LogP contribution in [-0.2, 0) is 4.79 Å². The molecule has 2 aliphatic carbocycles. The van der Waals surface area contributed by atoms with E-state index in [0.29, 0.717) is 23.0 Å². The van der Waals surface area contributed by atoms with Crippen molar-refractivity contribution >= 4 is 17.7 Å². The van der Waals surface area contributed by atoms with Crippen LogP contribution in [0.25, 0.3) is 0 Å². The number of nitrogen functional groups attached to an aromatic ring is 1. The molecule has 2 fully saturated rings. The van der Waals surface area contributed by atoms with Crippen LogP contribution < -0.4 is 11.2 Å². The van der Waals surface area contributed by atoms with Gasteiger partial charge in [-0.05, 0) is 38.5 Å². The van der Waals surface area contributed by atoms with Crippen LogP contribution in [0.5, 0.6) is 0 Å². The van der Waals surface area contributed by atoms with Crippen molar-refractivity contribution in [2.45, 2.75) is 74.7 Å². The Morgan fingerprint density at radius 1 is 1.32 bits per heavy atom. The van der Waals surface area contributed by atoms with E-state index < -0.39 is 0 Å². The molecule has 2 aliphatic rings. The van der Waals surface area contributed by atoms with Gasteiger partial charge in [-0.1, -0.05) is 31.5 Å². The van der Waals surface area contributed by atoms with Gasteiger partial charge in [-0.3, -0.25) is 4.79 Å². The van der Waals surface area contributed by atoms with Gasteiger partial charge in [-0.25, -0.2) is 4.68 Å². The highest BCUT2D eigenvalue weighted by molar-refractivity contribution is 8.00. The fraction of sp³-hybridized carbons (Fsp3) is 0.800. The standard InChI is InChI=1S/C15H25N5OS/c1-9-5-3-4-6-12(9)17-14(21)10(2)22-15-19-18-13(20(15)16)11-7-8-11/h9-12H,3-8,16H2,1-2H3,(H,17,21)/t9-,10-,12-/m0/s1. The number of amides is 1. The Kier molecular flexibility index (Phi) is 4.61. The maximum Gasteiger partial charge on any atom is 0.233 e. The van der Waals surface area contributed by atoms with E-state index in [-0.39, 0.29) is 11.2 Å². The smallest absolute Gasteiger partial charge is 0.233 e. The highest BCUT2D eigenvalue weighted by atomic mass is 32.2. The highest BCUT2D eigenvalue weighted by Gasteiger charge is 2.31. The minimum absolute atomic E-state index is 0.0692. The van der Waals surface area contributed by atoms with Gasteiger partial charge in [0, 0.05) is 12.0 Å². The van der Waals surface area contributed by atoms with Gasteiger partial charge in [-0.2, -0.15) is 0 Å². The maximum absolute atomic E-state index is 12.4. The zero-order chi connectivity index (χ0) is 15.7. The van der Waals surface area contributed by atoms with Crippen molar-refractivity contribution in [1.29, 1.82) is 0 Å². The van der Waals surface area contributed by atoms with Crippen LogP contribution in [0.15, 0.2) is 5.16 Å². The molecule has 22 heavy (non-hydrogen) atoms. The lowest BCUT2D eigenvalue weighted by Gasteiger charge is -2.30. The summed E-state index contributed by atoms with van der Waals surface area (Å²) in [6, 6.07) is 0.307. The first-order chi connectivity index (χ1) is 10.6. The van der Waals surface area contributed by atoms with Crippen LogP contribution >= 0.6 is 11.8 Å². The molecule has 6 nitrogen and oxygen atoms in total. The third-order valence-electron chi connectivity index (χ3n) is 4.72. The summed E-state index contributed by atoms with van der Waals surface area (Å²) in [6.07, 6.45) is 7.04. The minimum atomic E-state index is -0.215. The molecule has 7 heteroatoms. The molecule has 2 saturated carbocycles. The number of hydrogen-bond acceptors (Lipinski definition) is 5. The molecule has 0 aromatic carbocycles. The highest BCUT2D eigenvalue weighted by Crippen LogP contribution is 2.39. The number of nitrogens with one attached hydrogen (secondary N) is 1. The van der Waals surface area contributed by atoms with Gasteiger partial charge >= 0.3 is 0 Å². The zero-order valence-corrected chi connectivity index (χ0v) is 14.1. The van der Waals surface area contributed by atoms with Gasteiger partial charge < -0.3 is 11.2 Å². The van der Waals surface area contributed by atoms with Gasteiger partial charge in [-0.15, -0.1) is 10.2 Å². The summed E-state index contributed by atoms with van der Waals surface area (Å²) in [6.45, 7) is 4.12. The largest absolute Gasteiger partial charge is 0.352 e. The van der Waals surface area contributed by atoms with Crippen molar-refractivity contribution in [3.05, 3.63) is 5.82 Å². The van der Waals surface area contributed by atoms with Crippen molar-refractivity contribution in [3.63, 3.8) is 0 Å². The fourth-order valence-corrected chi connectivity index (χ4v) is 3.82. The molecule has 3 rings (SSSR count). The third-order valence-corrected chi connectivity index (χ3v) is 5.78. The molecule has 0 aliphatic heterocycles. The summed E-state index contributed by atoms with van der Waals surface area (Å²) >= 11 is 1.39. The Bertz CT molecular complexity index is 542. The summed E-state index contributed by atoms with van der Waals surface area (Å²) in [5.74, 6) is 7.97. The molecule has 0 saturated heterocycles. The van der Waals surface area contributed by atoms with E-state index in [1.165, 1.54) is 31.0 Å². The van der Waals surface area contributed by atoms with Crippen LogP contribution in [0.2, 0.25) is 0 Å². The molecule has 3 N–H and O–H groups in total. The Hall–Kier alpha value is -1.24. The average molecular weight is 323 g/mol. The average Bonchev–Trinajstić information content (AvgIpc) is 3.27. The van der Waals surface area contributed by atoms with Crippen molar-refractivity contribution in [2.75, 3.05) is 5.84 Å². The van der Waals surface area contributed by atoms with E-state index in [2.05, 4.69) is 22.4 Å².